The molecule has 1 aliphatic carbocycles. The van der Waals surface area contributed by atoms with E-state index in [1.54, 1.807) is 23.6 Å². The average molecular weight is 697 g/mol. The van der Waals surface area contributed by atoms with E-state index < -0.39 is 47.3 Å². The van der Waals surface area contributed by atoms with Crippen LogP contribution in [0.15, 0.2) is 67.3 Å². The largest absolute Gasteiger partial charge is 0.491 e. The van der Waals surface area contributed by atoms with Crippen molar-refractivity contribution in [3.63, 3.8) is 0 Å². The van der Waals surface area contributed by atoms with Gasteiger partial charge in [0.1, 0.15) is 6.04 Å². The fourth-order valence-corrected chi connectivity index (χ4v) is 7.54. The highest BCUT2D eigenvalue weighted by Crippen LogP contribution is 2.43. The standard InChI is InChI=1S/C35H39F3N6O6/c36-35(37,38)34(47)50-33-30-41(20-9-18-40-21-17-39-23-40)28-16-15-26(44(48)49)22-27(28)31(45)43(30)29(25-13-5-2-6-14-25)32(46)42(33)19-8-7-12-24-10-3-1-4-11-24/h1,3-4,10-11,15-17,21-23,25,29-30,33H,2,5-9,12-14,18-20H2/t29-,30?,33?/m0/s1. The summed E-state index contributed by atoms with van der Waals surface area (Å²) in [6.07, 6.45) is 2.40. The summed E-state index contributed by atoms with van der Waals surface area (Å²) in [5.41, 5.74) is 0.938. The molecule has 2 fully saturated rings. The van der Waals surface area contributed by atoms with E-state index in [1.807, 2.05) is 34.9 Å². The smallest absolute Gasteiger partial charge is 0.430 e. The third kappa shape index (κ3) is 7.31. The number of unbranched alkanes of at least 4 members (excludes halogenated alkanes) is 1. The van der Waals surface area contributed by atoms with Crippen molar-refractivity contribution in [2.24, 2.45) is 5.92 Å². The Balaban J connectivity index is 1.43. The lowest BCUT2D eigenvalue weighted by Crippen LogP contribution is -2.76. The second kappa shape index (κ2) is 14.9. The molecule has 1 aromatic heterocycles. The van der Waals surface area contributed by atoms with Crippen molar-refractivity contribution >= 4 is 29.2 Å². The van der Waals surface area contributed by atoms with Crippen LogP contribution in [0.2, 0.25) is 0 Å². The minimum Gasteiger partial charge on any atom is -0.430 e. The van der Waals surface area contributed by atoms with Gasteiger partial charge in [0.05, 0.1) is 22.5 Å². The molecular weight excluding hydrogens is 657 g/mol. The zero-order valence-corrected chi connectivity index (χ0v) is 27.4. The molecule has 2 aromatic carbocycles. The number of ether oxygens (including phenoxy) is 1. The molecule has 3 aliphatic rings. The molecule has 50 heavy (non-hydrogen) atoms. The number of non-ortho nitro benzene ring substituents is 1. The number of aromatic nitrogens is 2. The van der Waals surface area contributed by atoms with Gasteiger partial charge in [-0.25, -0.2) is 9.78 Å². The highest BCUT2D eigenvalue weighted by Gasteiger charge is 2.58. The number of fused-ring (bicyclic) bond motifs is 2. The molecule has 266 valence electrons. The van der Waals surface area contributed by atoms with Crippen LogP contribution in [0.4, 0.5) is 24.5 Å². The molecule has 2 aliphatic heterocycles. The Labute approximate surface area is 286 Å². The number of benzene rings is 2. The number of nitrogens with zero attached hydrogens (tertiary/aromatic N) is 6. The number of hydrogen-bond donors (Lipinski definition) is 0. The Morgan fingerprint density at radius 2 is 1.70 bits per heavy atom. The number of rotatable bonds is 12. The first-order valence-electron chi connectivity index (χ1n) is 17.0. The van der Waals surface area contributed by atoms with Gasteiger partial charge in [0.15, 0.2) is 6.17 Å². The van der Waals surface area contributed by atoms with Gasteiger partial charge in [-0.05, 0) is 56.1 Å². The fraction of sp³-hybridized carbons (Fsp3) is 0.486. The van der Waals surface area contributed by atoms with E-state index in [2.05, 4.69) is 4.98 Å². The van der Waals surface area contributed by atoms with Crippen LogP contribution in [0.1, 0.15) is 67.3 Å². The summed E-state index contributed by atoms with van der Waals surface area (Å²) in [4.78, 5) is 61.1. The number of nitro groups is 1. The number of anilines is 1. The summed E-state index contributed by atoms with van der Waals surface area (Å²) < 4.78 is 48.7. The number of hydrogen-bond acceptors (Lipinski definition) is 8. The van der Waals surface area contributed by atoms with Crippen molar-refractivity contribution < 1.29 is 37.2 Å². The normalized spacial score (nSPS) is 21.2. The number of amides is 2. The number of aryl methyl sites for hydroxylation is 2. The van der Waals surface area contributed by atoms with Gasteiger partial charge in [0.2, 0.25) is 12.1 Å². The molecule has 3 heterocycles. The first kappa shape index (κ1) is 34.9. The second-order valence-corrected chi connectivity index (χ2v) is 13.0. The zero-order chi connectivity index (χ0) is 35.4. The molecule has 15 heteroatoms. The van der Waals surface area contributed by atoms with E-state index in [9.17, 15) is 37.7 Å². The second-order valence-electron chi connectivity index (χ2n) is 13.0. The van der Waals surface area contributed by atoms with Crippen LogP contribution >= 0.6 is 0 Å². The molecular formula is C35H39F3N6O6. The molecule has 3 aromatic rings. The maximum Gasteiger partial charge on any atom is 0.491 e. The summed E-state index contributed by atoms with van der Waals surface area (Å²) in [6, 6.07) is 12.4. The van der Waals surface area contributed by atoms with Crippen LogP contribution in [0.3, 0.4) is 0 Å². The van der Waals surface area contributed by atoms with Crippen LogP contribution < -0.4 is 4.90 Å². The summed E-state index contributed by atoms with van der Waals surface area (Å²) >= 11 is 0. The number of halogens is 3. The molecule has 0 bridgehead atoms. The number of esters is 1. The summed E-state index contributed by atoms with van der Waals surface area (Å²) in [5, 5.41) is 11.8. The summed E-state index contributed by atoms with van der Waals surface area (Å²) in [6.45, 7) is 0.616. The Morgan fingerprint density at radius 1 is 0.960 bits per heavy atom. The highest BCUT2D eigenvalue weighted by molar-refractivity contribution is 6.05. The fourth-order valence-electron chi connectivity index (χ4n) is 7.54. The van der Waals surface area contributed by atoms with Crippen molar-refractivity contribution in [3.05, 3.63) is 88.5 Å². The number of piperazine rings is 1. The molecule has 0 N–H and O–H groups in total. The van der Waals surface area contributed by atoms with E-state index >= 15 is 0 Å². The van der Waals surface area contributed by atoms with Gasteiger partial charge >= 0.3 is 12.1 Å². The van der Waals surface area contributed by atoms with E-state index in [1.165, 1.54) is 21.9 Å². The monoisotopic (exact) mass is 696 g/mol. The average Bonchev–Trinajstić information content (AvgIpc) is 3.63. The molecule has 6 rings (SSSR count). The van der Waals surface area contributed by atoms with Gasteiger partial charge in [-0.3, -0.25) is 19.7 Å². The predicted octanol–water partition coefficient (Wildman–Crippen LogP) is 5.72. The number of carbonyl (C=O) groups excluding carboxylic acids is 3. The molecule has 2 amide bonds. The molecule has 2 unspecified atom stereocenters. The van der Waals surface area contributed by atoms with Crippen molar-refractivity contribution in [2.45, 2.75) is 88.9 Å². The first-order chi connectivity index (χ1) is 24.0. The zero-order valence-electron chi connectivity index (χ0n) is 27.4. The topological polar surface area (TPSA) is 131 Å². The first-order valence-corrected chi connectivity index (χ1v) is 17.0. The van der Waals surface area contributed by atoms with Crippen molar-refractivity contribution in [2.75, 3.05) is 18.0 Å². The molecule has 1 saturated carbocycles. The maximum atomic E-state index is 14.6. The van der Waals surface area contributed by atoms with Gasteiger partial charge in [-0.2, -0.15) is 13.2 Å². The van der Waals surface area contributed by atoms with Crippen LogP contribution in [-0.2, 0) is 27.3 Å². The van der Waals surface area contributed by atoms with Crippen molar-refractivity contribution in [3.8, 4) is 0 Å². The van der Waals surface area contributed by atoms with Crippen LogP contribution in [0.5, 0.6) is 0 Å². The predicted molar refractivity (Wildman–Crippen MR) is 175 cm³/mol. The number of imidazole rings is 1. The lowest BCUT2D eigenvalue weighted by Gasteiger charge is -2.57. The third-order valence-corrected chi connectivity index (χ3v) is 9.86. The van der Waals surface area contributed by atoms with E-state index in [-0.39, 0.29) is 35.9 Å². The van der Waals surface area contributed by atoms with Crippen molar-refractivity contribution in [1.82, 2.24) is 19.4 Å². The van der Waals surface area contributed by atoms with Crippen molar-refractivity contribution in [1.29, 1.82) is 0 Å². The quantitative estimate of drug-likeness (QED) is 0.102. The van der Waals surface area contributed by atoms with Gasteiger partial charge in [-0.15, -0.1) is 0 Å². The van der Waals surface area contributed by atoms with Gasteiger partial charge in [-0.1, -0.05) is 49.6 Å². The maximum absolute atomic E-state index is 14.6. The third-order valence-electron chi connectivity index (χ3n) is 9.86. The van der Waals surface area contributed by atoms with E-state index in [0.717, 1.165) is 30.9 Å². The summed E-state index contributed by atoms with van der Waals surface area (Å²) in [7, 11) is 0. The molecule has 0 radical (unpaired) electrons. The minimum absolute atomic E-state index is 0.000777. The van der Waals surface area contributed by atoms with Gasteiger partial charge < -0.3 is 24.0 Å². The van der Waals surface area contributed by atoms with Crippen LogP contribution in [0, 0.1) is 16.0 Å². The van der Waals surface area contributed by atoms with Gasteiger partial charge in [0.25, 0.3) is 11.6 Å². The number of alkyl halides is 3. The van der Waals surface area contributed by atoms with E-state index in [0.29, 0.717) is 45.1 Å². The Kier molecular flexibility index (Phi) is 10.4. The van der Waals surface area contributed by atoms with Crippen LogP contribution in [0.25, 0.3) is 0 Å². The lowest BCUT2D eigenvalue weighted by molar-refractivity contribution is -0.384. The van der Waals surface area contributed by atoms with E-state index in [4.69, 9.17) is 4.74 Å². The molecule has 0 spiro atoms. The number of carbonyl (C=O) groups is 3. The highest BCUT2D eigenvalue weighted by atomic mass is 19.4. The summed E-state index contributed by atoms with van der Waals surface area (Å²) in [5.74, 6) is -4.09. The Hall–Kier alpha value is -4.95. The Morgan fingerprint density at radius 3 is 2.38 bits per heavy atom. The SMILES string of the molecule is O=C1[C@H](C2CCCCC2)N2C(=O)c3cc([N+](=O)[O-])ccc3N(CCCn3ccnc3)C2C(OC(=O)C(F)(F)F)N1CCCCc1ccccc1. The van der Waals surface area contributed by atoms with Crippen LogP contribution in [-0.4, -0.2) is 79.8 Å². The molecule has 1 saturated heterocycles. The molecule has 3 atom stereocenters. The molecule has 12 nitrogen and oxygen atoms in total. The van der Waals surface area contributed by atoms with Gasteiger partial charge in [0, 0.05) is 44.2 Å². The lowest BCUT2D eigenvalue weighted by atomic mass is 9.80. The minimum atomic E-state index is -5.36. The number of nitro benzene ring substituents is 1. The Bertz CT molecular complexity index is 1680.